The van der Waals surface area contributed by atoms with Gasteiger partial charge in [0.1, 0.15) is 5.82 Å². The quantitative estimate of drug-likeness (QED) is 0.830. The van der Waals surface area contributed by atoms with Crippen molar-refractivity contribution in [3.63, 3.8) is 0 Å². The lowest BCUT2D eigenvalue weighted by Gasteiger charge is -2.04. The van der Waals surface area contributed by atoms with E-state index in [1.807, 2.05) is 10.9 Å². The second-order valence-corrected chi connectivity index (χ2v) is 4.65. The van der Waals surface area contributed by atoms with Crippen LogP contribution in [-0.4, -0.2) is 9.78 Å². The van der Waals surface area contributed by atoms with Crippen molar-refractivity contribution in [1.82, 2.24) is 9.78 Å². The van der Waals surface area contributed by atoms with Crippen LogP contribution >= 0.6 is 0 Å². The molecule has 0 radical (unpaired) electrons. The maximum absolute atomic E-state index is 13.2. The highest BCUT2D eigenvalue weighted by Gasteiger charge is 2.09. The Kier molecular flexibility index (Phi) is 3.42. The summed E-state index contributed by atoms with van der Waals surface area (Å²) in [5.41, 5.74) is 1.82. The van der Waals surface area contributed by atoms with Crippen LogP contribution in [0, 0.1) is 23.1 Å². The molecule has 2 aromatic rings. The van der Waals surface area contributed by atoms with Crippen molar-refractivity contribution in [1.29, 1.82) is 5.26 Å². The number of rotatable bonds is 3. The van der Waals surface area contributed by atoms with Gasteiger partial charge in [-0.2, -0.15) is 10.4 Å². The topological polar surface area (TPSA) is 41.6 Å². The highest BCUT2D eigenvalue weighted by atomic mass is 19.1. The second-order valence-electron chi connectivity index (χ2n) is 4.65. The second kappa shape index (κ2) is 5.01. The molecule has 0 saturated carbocycles. The standard InChI is InChI=1S/C14H14FN3/c1-10(2)8-18-9-12(7-17-18)14-5-13(15)4-3-11(14)6-16/h3-5,7,9-10H,8H2,1-2H3. The van der Waals surface area contributed by atoms with Gasteiger partial charge in [-0.15, -0.1) is 0 Å². The van der Waals surface area contributed by atoms with E-state index in [0.29, 0.717) is 17.0 Å². The molecule has 0 bridgehead atoms. The van der Waals surface area contributed by atoms with Gasteiger partial charge in [0.15, 0.2) is 0 Å². The first kappa shape index (κ1) is 12.3. The lowest BCUT2D eigenvalue weighted by Crippen LogP contribution is -2.04. The van der Waals surface area contributed by atoms with Gasteiger partial charge in [0.25, 0.3) is 0 Å². The van der Waals surface area contributed by atoms with Crippen LogP contribution in [0.4, 0.5) is 4.39 Å². The van der Waals surface area contributed by atoms with Gasteiger partial charge in [0, 0.05) is 23.9 Å². The molecule has 2 rings (SSSR count). The summed E-state index contributed by atoms with van der Waals surface area (Å²) >= 11 is 0. The molecule has 0 spiro atoms. The van der Waals surface area contributed by atoms with E-state index in [2.05, 4.69) is 25.0 Å². The van der Waals surface area contributed by atoms with E-state index in [1.54, 1.807) is 6.20 Å². The molecule has 0 fully saturated rings. The van der Waals surface area contributed by atoms with Gasteiger partial charge in [0.2, 0.25) is 0 Å². The van der Waals surface area contributed by atoms with Crippen molar-refractivity contribution in [2.24, 2.45) is 5.92 Å². The fourth-order valence-corrected chi connectivity index (χ4v) is 1.83. The highest BCUT2D eigenvalue weighted by Crippen LogP contribution is 2.24. The number of nitrogens with zero attached hydrogens (tertiary/aromatic N) is 3. The number of halogens is 1. The number of benzene rings is 1. The van der Waals surface area contributed by atoms with Crippen molar-refractivity contribution in [2.45, 2.75) is 20.4 Å². The van der Waals surface area contributed by atoms with Crippen LogP contribution in [-0.2, 0) is 6.54 Å². The Morgan fingerprint density at radius 2 is 2.22 bits per heavy atom. The zero-order valence-corrected chi connectivity index (χ0v) is 10.4. The van der Waals surface area contributed by atoms with Crippen molar-refractivity contribution in [3.8, 4) is 17.2 Å². The summed E-state index contributed by atoms with van der Waals surface area (Å²) in [6.45, 7) is 5.01. The van der Waals surface area contributed by atoms with Crippen LogP contribution in [0.25, 0.3) is 11.1 Å². The maximum atomic E-state index is 13.2. The molecule has 0 N–H and O–H groups in total. The molecule has 0 aliphatic carbocycles. The van der Waals surface area contributed by atoms with E-state index >= 15 is 0 Å². The molecule has 92 valence electrons. The molecular formula is C14H14FN3. The first-order valence-electron chi connectivity index (χ1n) is 5.82. The Morgan fingerprint density at radius 3 is 2.89 bits per heavy atom. The van der Waals surface area contributed by atoms with Gasteiger partial charge >= 0.3 is 0 Å². The Morgan fingerprint density at radius 1 is 1.44 bits per heavy atom. The largest absolute Gasteiger partial charge is 0.272 e. The van der Waals surface area contributed by atoms with Crippen molar-refractivity contribution < 1.29 is 4.39 Å². The Hall–Kier alpha value is -2.15. The summed E-state index contributed by atoms with van der Waals surface area (Å²) in [6.07, 6.45) is 3.51. The van der Waals surface area contributed by atoms with Crippen LogP contribution < -0.4 is 0 Å². The molecular weight excluding hydrogens is 229 g/mol. The molecule has 0 atom stereocenters. The van der Waals surface area contributed by atoms with Gasteiger partial charge < -0.3 is 0 Å². The predicted molar refractivity (Wildman–Crippen MR) is 67.2 cm³/mol. The molecule has 18 heavy (non-hydrogen) atoms. The van der Waals surface area contributed by atoms with E-state index in [0.717, 1.165) is 12.1 Å². The van der Waals surface area contributed by atoms with Gasteiger partial charge in [-0.3, -0.25) is 4.68 Å². The van der Waals surface area contributed by atoms with E-state index in [-0.39, 0.29) is 5.82 Å². The molecule has 4 heteroatoms. The predicted octanol–water partition coefficient (Wildman–Crippen LogP) is 3.22. The third-order valence-corrected chi connectivity index (χ3v) is 2.60. The van der Waals surface area contributed by atoms with Crippen LogP contribution in [0.1, 0.15) is 19.4 Å². The van der Waals surface area contributed by atoms with Crippen molar-refractivity contribution >= 4 is 0 Å². The third kappa shape index (κ3) is 2.57. The monoisotopic (exact) mass is 243 g/mol. The fraction of sp³-hybridized carbons (Fsp3) is 0.286. The Labute approximate surface area is 105 Å². The average Bonchev–Trinajstić information content (AvgIpc) is 2.76. The highest BCUT2D eigenvalue weighted by molar-refractivity contribution is 5.69. The van der Waals surface area contributed by atoms with Gasteiger partial charge in [-0.25, -0.2) is 4.39 Å². The maximum Gasteiger partial charge on any atom is 0.123 e. The summed E-state index contributed by atoms with van der Waals surface area (Å²) < 4.78 is 15.1. The SMILES string of the molecule is CC(C)Cn1cc(-c2cc(F)ccc2C#N)cn1. The van der Waals surface area contributed by atoms with E-state index in [9.17, 15) is 4.39 Å². The first-order valence-corrected chi connectivity index (χ1v) is 5.82. The molecule has 0 aliphatic rings. The van der Waals surface area contributed by atoms with Crippen LogP contribution in [0.5, 0.6) is 0 Å². The third-order valence-electron chi connectivity index (χ3n) is 2.60. The average molecular weight is 243 g/mol. The minimum Gasteiger partial charge on any atom is -0.272 e. The van der Waals surface area contributed by atoms with Crippen LogP contribution in [0.15, 0.2) is 30.6 Å². The molecule has 3 nitrogen and oxygen atoms in total. The van der Waals surface area contributed by atoms with Gasteiger partial charge in [-0.1, -0.05) is 13.8 Å². The van der Waals surface area contributed by atoms with Crippen LogP contribution in [0.3, 0.4) is 0 Å². The number of hydrogen-bond acceptors (Lipinski definition) is 2. The molecule has 1 aromatic carbocycles. The summed E-state index contributed by atoms with van der Waals surface area (Å²) in [5, 5.41) is 13.2. The molecule has 1 aromatic heterocycles. The number of aromatic nitrogens is 2. The van der Waals surface area contributed by atoms with E-state index < -0.39 is 0 Å². The lowest BCUT2D eigenvalue weighted by atomic mass is 10.0. The van der Waals surface area contributed by atoms with Crippen LogP contribution in [0.2, 0.25) is 0 Å². The fourth-order valence-electron chi connectivity index (χ4n) is 1.83. The molecule has 1 heterocycles. The Balaban J connectivity index is 2.40. The zero-order valence-electron chi connectivity index (χ0n) is 10.4. The summed E-state index contributed by atoms with van der Waals surface area (Å²) in [6, 6.07) is 6.22. The summed E-state index contributed by atoms with van der Waals surface area (Å²) in [5.74, 6) is 0.140. The van der Waals surface area contributed by atoms with Gasteiger partial charge in [-0.05, 0) is 24.1 Å². The van der Waals surface area contributed by atoms with Crippen molar-refractivity contribution in [3.05, 3.63) is 42.0 Å². The molecule has 0 amide bonds. The summed E-state index contributed by atoms with van der Waals surface area (Å²) in [4.78, 5) is 0. The normalized spacial score (nSPS) is 10.6. The van der Waals surface area contributed by atoms with E-state index in [4.69, 9.17) is 5.26 Å². The first-order chi connectivity index (χ1) is 8.60. The van der Waals surface area contributed by atoms with Crippen molar-refractivity contribution in [2.75, 3.05) is 0 Å². The lowest BCUT2D eigenvalue weighted by molar-refractivity contribution is 0.483. The van der Waals surface area contributed by atoms with E-state index in [1.165, 1.54) is 18.2 Å². The Bertz CT molecular complexity index is 593. The van der Waals surface area contributed by atoms with Gasteiger partial charge in [0.05, 0.1) is 17.8 Å². The molecule has 0 aliphatic heterocycles. The molecule has 0 saturated heterocycles. The smallest absolute Gasteiger partial charge is 0.123 e. The summed E-state index contributed by atoms with van der Waals surface area (Å²) in [7, 11) is 0. The zero-order chi connectivity index (χ0) is 13.1. The minimum atomic E-state index is -0.347. The molecule has 0 unspecified atom stereocenters. The number of hydrogen-bond donors (Lipinski definition) is 0. The number of nitriles is 1. The minimum absolute atomic E-state index is 0.347.